The standard InChI is InChI=1S/C25H27N2O3P/c1-26-22(19-13-7-4-8-14-19)23(20-15-9-5-10-16-20)27(2)31(26)30-24(25(28)29-3)21-17-11-6-12-18-21/h4-18,22-24H,1-3H3/t22-,23-,24+/m1/s1. The molecule has 1 aliphatic rings. The first-order chi connectivity index (χ1) is 15.1. The van der Waals surface area contributed by atoms with Crippen LogP contribution in [0.15, 0.2) is 91.0 Å². The molecule has 1 aliphatic heterocycles. The smallest absolute Gasteiger partial charge is 0.340 e. The number of ether oxygens (including phenoxy) is 1. The fourth-order valence-corrected chi connectivity index (χ4v) is 6.24. The molecule has 0 amide bonds. The van der Waals surface area contributed by atoms with Gasteiger partial charge in [-0.25, -0.2) is 14.1 Å². The molecule has 0 radical (unpaired) electrons. The lowest BCUT2D eigenvalue weighted by Crippen LogP contribution is -2.21. The number of nitrogens with zero attached hydrogens (tertiary/aromatic N) is 2. The van der Waals surface area contributed by atoms with E-state index in [0.29, 0.717) is 0 Å². The molecule has 31 heavy (non-hydrogen) atoms. The molecule has 1 fully saturated rings. The molecule has 1 heterocycles. The third-order valence-corrected chi connectivity index (χ3v) is 7.62. The van der Waals surface area contributed by atoms with Gasteiger partial charge in [-0.3, -0.25) is 0 Å². The highest BCUT2D eigenvalue weighted by Crippen LogP contribution is 2.64. The molecule has 0 saturated carbocycles. The van der Waals surface area contributed by atoms with Gasteiger partial charge in [-0.1, -0.05) is 91.0 Å². The average molecular weight is 434 g/mol. The molecule has 0 spiro atoms. The number of esters is 1. The summed E-state index contributed by atoms with van der Waals surface area (Å²) in [7, 11) is 4.31. The zero-order valence-electron chi connectivity index (χ0n) is 18.0. The van der Waals surface area contributed by atoms with E-state index in [-0.39, 0.29) is 12.1 Å². The van der Waals surface area contributed by atoms with E-state index < -0.39 is 20.5 Å². The quantitative estimate of drug-likeness (QED) is 0.378. The lowest BCUT2D eigenvalue weighted by molar-refractivity contribution is -0.149. The van der Waals surface area contributed by atoms with Crippen LogP contribution in [0.25, 0.3) is 0 Å². The second-order valence-corrected chi connectivity index (χ2v) is 9.51. The molecule has 3 aromatic carbocycles. The van der Waals surface area contributed by atoms with Gasteiger partial charge < -0.3 is 9.26 Å². The van der Waals surface area contributed by atoms with Crippen molar-refractivity contribution in [3.05, 3.63) is 108 Å². The van der Waals surface area contributed by atoms with E-state index in [1.807, 2.05) is 42.5 Å². The minimum absolute atomic E-state index is 0.0915. The molecule has 0 unspecified atom stereocenters. The lowest BCUT2D eigenvalue weighted by Gasteiger charge is -2.29. The minimum atomic E-state index is -1.23. The predicted molar refractivity (Wildman–Crippen MR) is 123 cm³/mol. The second kappa shape index (κ2) is 9.71. The number of carbonyl (C=O) groups is 1. The Morgan fingerprint density at radius 2 is 1.19 bits per heavy atom. The van der Waals surface area contributed by atoms with Gasteiger partial charge in [0.1, 0.15) is 0 Å². The molecule has 0 bridgehead atoms. The Bertz CT molecular complexity index is 936. The summed E-state index contributed by atoms with van der Waals surface area (Å²) in [4.78, 5) is 12.6. The summed E-state index contributed by atoms with van der Waals surface area (Å²) in [5.74, 6) is -0.394. The Kier molecular flexibility index (Phi) is 6.79. The molecule has 5 nitrogen and oxygen atoms in total. The van der Waals surface area contributed by atoms with Crippen LogP contribution in [-0.4, -0.2) is 36.5 Å². The Labute approximate surface area is 185 Å². The normalized spacial score (nSPS) is 21.1. The van der Waals surface area contributed by atoms with E-state index in [9.17, 15) is 4.79 Å². The van der Waals surface area contributed by atoms with Crippen LogP contribution in [-0.2, 0) is 14.1 Å². The number of methoxy groups -OCH3 is 1. The van der Waals surface area contributed by atoms with Gasteiger partial charge in [-0.2, -0.15) is 0 Å². The predicted octanol–water partition coefficient (Wildman–Crippen LogP) is 5.50. The molecule has 6 heteroatoms. The van der Waals surface area contributed by atoms with Gasteiger partial charge in [-0.15, -0.1) is 0 Å². The van der Waals surface area contributed by atoms with Crippen LogP contribution in [0.4, 0.5) is 0 Å². The van der Waals surface area contributed by atoms with E-state index in [1.54, 1.807) is 0 Å². The van der Waals surface area contributed by atoms with Crippen molar-refractivity contribution in [2.24, 2.45) is 0 Å². The molecule has 4 rings (SSSR count). The maximum atomic E-state index is 12.6. The van der Waals surface area contributed by atoms with Crippen LogP contribution in [0, 0.1) is 0 Å². The monoisotopic (exact) mass is 434 g/mol. The first-order valence-corrected chi connectivity index (χ1v) is 11.4. The summed E-state index contributed by atoms with van der Waals surface area (Å²) in [5.41, 5.74) is 3.22. The Balaban J connectivity index is 1.71. The maximum Gasteiger partial charge on any atom is 0.340 e. The third-order valence-electron chi connectivity index (χ3n) is 5.64. The highest BCUT2D eigenvalue weighted by atomic mass is 31.2. The van der Waals surface area contributed by atoms with E-state index in [2.05, 4.69) is 72.0 Å². The van der Waals surface area contributed by atoms with Crippen molar-refractivity contribution in [1.29, 1.82) is 0 Å². The zero-order valence-corrected chi connectivity index (χ0v) is 18.9. The van der Waals surface area contributed by atoms with Gasteiger partial charge >= 0.3 is 5.97 Å². The van der Waals surface area contributed by atoms with Crippen molar-refractivity contribution in [1.82, 2.24) is 9.34 Å². The van der Waals surface area contributed by atoms with Crippen LogP contribution in [0.5, 0.6) is 0 Å². The first kappa shape index (κ1) is 21.7. The second-order valence-electron chi connectivity index (χ2n) is 7.53. The van der Waals surface area contributed by atoms with Crippen LogP contribution >= 0.6 is 8.45 Å². The zero-order chi connectivity index (χ0) is 21.8. The molecule has 3 aromatic rings. The fourth-order valence-electron chi connectivity index (χ4n) is 4.16. The highest BCUT2D eigenvalue weighted by molar-refractivity contribution is 7.47. The molecule has 0 aromatic heterocycles. The molecule has 3 atom stereocenters. The van der Waals surface area contributed by atoms with Crippen molar-refractivity contribution >= 4 is 14.4 Å². The van der Waals surface area contributed by atoms with Crippen LogP contribution in [0.2, 0.25) is 0 Å². The lowest BCUT2D eigenvalue weighted by atomic mass is 9.93. The van der Waals surface area contributed by atoms with Crippen molar-refractivity contribution in [2.75, 3.05) is 21.2 Å². The molecule has 0 N–H and O–H groups in total. The van der Waals surface area contributed by atoms with Gasteiger partial charge in [0.15, 0.2) is 14.6 Å². The van der Waals surface area contributed by atoms with Crippen molar-refractivity contribution in [2.45, 2.75) is 18.2 Å². The third kappa shape index (κ3) is 4.41. The summed E-state index contributed by atoms with van der Waals surface area (Å²) < 4.78 is 16.1. The summed E-state index contributed by atoms with van der Waals surface area (Å²) in [6, 6.07) is 30.6. The summed E-state index contributed by atoms with van der Waals surface area (Å²) in [6.45, 7) is 0. The number of hydrogen-bond donors (Lipinski definition) is 0. The molecule has 0 aliphatic carbocycles. The number of likely N-dealkylation sites (N-methyl/N-ethyl adjacent to an activating group) is 2. The van der Waals surface area contributed by atoms with Gasteiger partial charge in [0.25, 0.3) is 0 Å². The average Bonchev–Trinajstić information content (AvgIpc) is 3.08. The topological polar surface area (TPSA) is 42.0 Å². The van der Waals surface area contributed by atoms with Gasteiger partial charge in [0.05, 0.1) is 19.2 Å². The van der Waals surface area contributed by atoms with E-state index >= 15 is 0 Å². The Hall–Kier alpha value is -2.56. The van der Waals surface area contributed by atoms with Crippen molar-refractivity contribution in [3.63, 3.8) is 0 Å². The molecule has 160 valence electrons. The van der Waals surface area contributed by atoms with E-state index in [0.717, 1.165) is 5.56 Å². The number of benzene rings is 3. The molecule has 1 saturated heterocycles. The largest absolute Gasteiger partial charge is 0.467 e. The highest BCUT2D eigenvalue weighted by Gasteiger charge is 2.48. The van der Waals surface area contributed by atoms with Gasteiger partial charge in [-0.05, 0) is 30.8 Å². The van der Waals surface area contributed by atoms with Crippen molar-refractivity contribution in [3.8, 4) is 0 Å². The fraction of sp³-hybridized carbons (Fsp3) is 0.240. The summed E-state index contributed by atoms with van der Waals surface area (Å²) in [6.07, 6.45) is -0.784. The number of carbonyl (C=O) groups excluding carboxylic acids is 1. The summed E-state index contributed by atoms with van der Waals surface area (Å²) >= 11 is 0. The Morgan fingerprint density at radius 3 is 1.61 bits per heavy atom. The SMILES string of the molecule is COC(=O)[C@@H](OP1N(C)[C@H](c2ccccc2)[C@@H](c2ccccc2)N1C)c1ccccc1. The minimum Gasteiger partial charge on any atom is -0.467 e. The molecular formula is C25H27N2O3P. The van der Waals surface area contributed by atoms with Gasteiger partial charge in [0, 0.05) is 0 Å². The van der Waals surface area contributed by atoms with Crippen LogP contribution < -0.4 is 0 Å². The van der Waals surface area contributed by atoms with Crippen LogP contribution in [0.1, 0.15) is 34.9 Å². The Morgan fingerprint density at radius 1 is 0.774 bits per heavy atom. The number of hydrogen-bond acceptors (Lipinski definition) is 5. The van der Waals surface area contributed by atoms with E-state index in [4.69, 9.17) is 9.26 Å². The van der Waals surface area contributed by atoms with E-state index in [1.165, 1.54) is 18.2 Å². The first-order valence-electron chi connectivity index (χ1n) is 10.3. The summed E-state index contributed by atoms with van der Waals surface area (Å²) in [5, 5.41) is 0. The number of rotatable bonds is 6. The van der Waals surface area contributed by atoms with Gasteiger partial charge in [0.2, 0.25) is 0 Å². The maximum absolute atomic E-state index is 12.6. The van der Waals surface area contributed by atoms with Crippen LogP contribution in [0.3, 0.4) is 0 Å². The van der Waals surface area contributed by atoms with Crippen molar-refractivity contribution < 1.29 is 14.1 Å². The molecular weight excluding hydrogens is 407 g/mol.